The fraction of sp³-hybridized carbons (Fsp3) is 0.467. The van der Waals surface area contributed by atoms with Crippen molar-refractivity contribution in [1.29, 1.82) is 0 Å². The lowest BCUT2D eigenvalue weighted by Crippen LogP contribution is -2.30. The van der Waals surface area contributed by atoms with Crippen LogP contribution in [0.15, 0.2) is 23.5 Å². The van der Waals surface area contributed by atoms with E-state index in [0.717, 1.165) is 17.9 Å². The lowest BCUT2D eigenvalue weighted by atomic mass is 9.98. The van der Waals surface area contributed by atoms with Crippen LogP contribution in [0.5, 0.6) is 0 Å². The van der Waals surface area contributed by atoms with Gasteiger partial charge in [0.15, 0.2) is 0 Å². The molecule has 4 nitrogen and oxygen atoms in total. The third-order valence-electron chi connectivity index (χ3n) is 3.70. The summed E-state index contributed by atoms with van der Waals surface area (Å²) in [6.45, 7) is 11.1. The standard InChI is InChI=1S/C15H25N3O/c1-10-7-8-11(2)15(12(10)3)9-17-13(4)14(5)18(16)19-6/h7-8,17H,9,16H2,1-6H3/b14-13-. The number of hydroxylamine groups is 1. The molecule has 0 unspecified atom stereocenters. The van der Waals surface area contributed by atoms with Crippen LogP contribution in [0.1, 0.15) is 36.1 Å². The van der Waals surface area contributed by atoms with Crippen molar-refractivity contribution in [3.8, 4) is 0 Å². The third-order valence-corrected chi connectivity index (χ3v) is 3.70. The minimum atomic E-state index is 0.792. The number of hydrogen-bond acceptors (Lipinski definition) is 4. The number of aryl methyl sites for hydroxylation is 2. The molecule has 0 heterocycles. The zero-order valence-electron chi connectivity index (χ0n) is 12.8. The second kappa shape index (κ2) is 6.59. The predicted octanol–water partition coefficient (Wildman–Crippen LogP) is 2.69. The Morgan fingerprint density at radius 3 is 2.37 bits per heavy atom. The molecule has 0 aliphatic rings. The Balaban J connectivity index is 2.86. The number of benzene rings is 1. The van der Waals surface area contributed by atoms with E-state index in [1.807, 2.05) is 13.8 Å². The van der Waals surface area contributed by atoms with E-state index in [1.54, 1.807) is 7.11 Å². The summed E-state index contributed by atoms with van der Waals surface area (Å²) in [6.07, 6.45) is 0. The van der Waals surface area contributed by atoms with Crippen LogP contribution in [0.4, 0.5) is 0 Å². The number of hydrazine groups is 1. The summed E-state index contributed by atoms with van der Waals surface area (Å²) in [5, 5.41) is 4.66. The van der Waals surface area contributed by atoms with E-state index in [4.69, 9.17) is 10.7 Å². The fourth-order valence-corrected chi connectivity index (χ4v) is 1.93. The third kappa shape index (κ3) is 3.72. The van der Waals surface area contributed by atoms with Crippen molar-refractivity contribution in [3.63, 3.8) is 0 Å². The highest BCUT2D eigenvalue weighted by molar-refractivity contribution is 5.39. The summed E-state index contributed by atoms with van der Waals surface area (Å²) >= 11 is 0. The van der Waals surface area contributed by atoms with Crippen LogP contribution in [-0.4, -0.2) is 12.3 Å². The molecule has 0 radical (unpaired) electrons. The average Bonchev–Trinajstić information content (AvgIpc) is 2.41. The highest BCUT2D eigenvalue weighted by Crippen LogP contribution is 2.18. The van der Waals surface area contributed by atoms with E-state index >= 15 is 0 Å². The van der Waals surface area contributed by atoms with Crippen molar-refractivity contribution >= 4 is 0 Å². The van der Waals surface area contributed by atoms with Gasteiger partial charge in [-0.3, -0.25) is 4.84 Å². The van der Waals surface area contributed by atoms with Gasteiger partial charge in [0.1, 0.15) is 0 Å². The molecular weight excluding hydrogens is 238 g/mol. The molecule has 4 heteroatoms. The maximum absolute atomic E-state index is 5.68. The lowest BCUT2D eigenvalue weighted by Gasteiger charge is -2.20. The highest BCUT2D eigenvalue weighted by atomic mass is 16.7. The van der Waals surface area contributed by atoms with Crippen molar-refractivity contribution in [2.75, 3.05) is 7.11 Å². The fourth-order valence-electron chi connectivity index (χ4n) is 1.93. The van der Waals surface area contributed by atoms with Crippen molar-refractivity contribution in [1.82, 2.24) is 10.5 Å². The summed E-state index contributed by atoms with van der Waals surface area (Å²) in [7, 11) is 1.55. The molecule has 0 bridgehead atoms. The van der Waals surface area contributed by atoms with E-state index in [1.165, 1.54) is 27.4 Å². The van der Waals surface area contributed by atoms with E-state index in [9.17, 15) is 0 Å². The number of nitrogens with zero attached hydrogens (tertiary/aromatic N) is 1. The largest absolute Gasteiger partial charge is 0.383 e. The Labute approximate surface area is 116 Å². The molecule has 0 aliphatic heterocycles. The molecule has 0 saturated heterocycles. The number of nitrogens with two attached hydrogens (primary N) is 1. The monoisotopic (exact) mass is 263 g/mol. The molecule has 0 saturated carbocycles. The second-order valence-electron chi connectivity index (χ2n) is 4.88. The Morgan fingerprint density at radius 2 is 1.79 bits per heavy atom. The first-order chi connectivity index (χ1) is 8.88. The maximum Gasteiger partial charge on any atom is 0.0749 e. The number of hydrogen-bond donors (Lipinski definition) is 2. The average molecular weight is 263 g/mol. The predicted molar refractivity (Wildman–Crippen MR) is 78.9 cm³/mol. The molecule has 3 N–H and O–H groups in total. The maximum atomic E-state index is 5.68. The van der Waals surface area contributed by atoms with Gasteiger partial charge in [0.05, 0.1) is 12.8 Å². The van der Waals surface area contributed by atoms with E-state index < -0.39 is 0 Å². The van der Waals surface area contributed by atoms with Gasteiger partial charge in [0.25, 0.3) is 0 Å². The summed E-state index contributed by atoms with van der Waals surface area (Å²) < 4.78 is 0. The molecular formula is C15H25N3O. The first-order valence-corrected chi connectivity index (χ1v) is 6.44. The van der Waals surface area contributed by atoms with Gasteiger partial charge < -0.3 is 5.32 Å². The quantitative estimate of drug-likeness (QED) is 0.633. The zero-order chi connectivity index (χ0) is 14.6. The van der Waals surface area contributed by atoms with E-state index in [0.29, 0.717) is 0 Å². The number of nitrogens with one attached hydrogen (secondary N) is 1. The summed E-state index contributed by atoms with van der Waals surface area (Å²) in [4.78, 5) is 4.96. The van der Waals surface area contributed by atoms with Gasteiger partial charge in [-0.25, -0.2) is 5.84 Å². The van der Waals surface area contributed by atoms with Crippen LogP contribution >= 0.6 is 0 Å². The van der Waals surface area contributed by atoms with E-state index in [-0.39, 0.29) is 0 Å². The normalized spacial score (nSPS) is 12.2. The number of allylic oxidation sites excluding steroid dienone is 2. The Bertz CT molecular complexity index is 481. The van der Waals surface area contributed by atoms with Crippen LogP contribution in [0, 0.1) is 20.8 Å². The van der Waals surface area contributed by atoms with Crippen LogP contribution in [-0.2, 0) is 11.4 Å². The first-order valence-electron chi connectivity index (χ1n) is 6.44. The molecule has 0 atom stereocenters. The van der Waals surface area contributed by atoms with Gasteiger partial charge in [-0.05, 0) is 56.9 Å². The molecule has 1 aromatic rings. The van der Waals surface area contributed by atoms with Crippen molar-refractivity contribution < 1.29 is 4.84 Å². The second-order valence-corrected chi connectivity index (χ2v) is 4.88. The first kappa shape index (κ1) is 15.5. The minimum absolute atomic E-state index is 0.792. The van der Waals surface area contributed by atoms with Gasteiger partial charge in [0, 0.05) is 12.2 Å². The molecule has 19 heavy (non-hydrogen) atoms. The smallest absolute Gasteiger partial charge is 0.0749 e. The van der Waals surface area contributed by atoms with Crippen molar-refractivity contribution in [2.24, 2.45) is 5.84 Å². The minimum Gasteiger partial charge on any atom is -0.383 e. The van der Waals surface area contributed by atoms with Crippen molar-refractivity contribution in [3.05, 3.63) is 45.8 Å². The van der Waals surface area contributed by atoms with Gasteiger partial charge in [-0.1, -0.05) is 12.1 Å². The molecule has 0 fully saturated rings. The molecule has 0 amide bonds. The number of rotatable bonds is 5. The van der Waals surface area contributed by atoms with Crippen molar-refractivity contribution in [2.45, 2.75) is 41.2 Å². The molecule has 0 aromatic heterocycles. The zero-order valence-corrected chi connectivity index (χ0v) is 12.8. The lowest BCUT2D eigenvalue weighted by molar-refractivity contribution is -0.103. The molecule has 0 aliphatic carbocycles. The summed E-state index contributed by atoms with van der Waals surface area (Å²) in [5.74, 6) is 5.68. The molecule has 0 spiro atoms. The molecule has 106 valence electrons. The van der Waals surface area contributed by atoms with E-state index in [2.05, 4.69) is 38.2 Å². The van der Waals surface area contributed by atoms with Gasteiger partial charge in [-0.15, -0.1) is 0 Å². The summed E-state index contributed by atoms with van der Waals surface area (Å²) in [6, 6.07) is 4.32. The van der Waals surface area contributed by atoms with Crippen LogP contribution in [0.25, 0.3) is 0 Å². The topological polar surface area (TPSA) is 50.5 Å². The molecule has 1 aromatic carbocycles. The SMILES string of the molecule is CON(N)/C(C)=C(/C)NCc1c(C)ccc(C)c1C. The highest BCUT2D eigenvalue weighted by Gasteiger charge is 2.07. The van der Waals surface area contributed by atoms with Gasteiger partial charge >= 0.3 is 0 Å². The Hall–Kier alpha value is -1.52. The van der Waals surface area contributed by atoms with Gasteiger partial charge in [0.2, 0.25) is 0 Å². The Kier molecular flexibility index (Phi) is 5.39. The van der Waals surface area contributed by atoms with Gasteiger partial charge in [-0.2, -0.15) is 5.17 Å². The molecule has 1 rings (SSSR count). The van der Waals surface area contributed by atoms with Crippen LogP contribution in [0.2, 0.25) is 0 Å². The Morgan fingerprint density at radius 1 is 1.21 bits per heavy atom. The van der Waals surface area contributed by atoms with Crippen LogP contribution in [0.3, 0.4) is 0 Å². The summed E-state index contributed by atoms with van der Waals surface area (Å²) in [5.41, 5.74) is 7.17. The van der Waals surface area contributed by atoms with Crippen LogP contribution < -0.4 is 11.2 Å².